The predicted octanol–water partition coefficient (Wildman–Crippen LogP) is 1.11. The van der Waals surface area contributed by atoms with Gasteiger partial charge in [-0.1, -0.05) is 6.92 Å². The summed E-state index contributed by atoms with van der Waals surface area (Å²) in [6.45, 7) is 3.25. The summed E-state index contributed by atoms with van der Waals surface area (Å²) in [6, 6.07) is 0. The van der Waals surface area contributed by atoms with E-state index in [1.165, 1.54) is 0 Å². The Balaban J connectivity index is 2.43. The van der Waals surface area contributed by atoms with Crippen LogP contribution in [0.25, 0.3) is 0 Å². The lowest BCUT2D eigenvalue weighted by atomic mass is 9.95. The molecule has 1 aliphatic rings. The van der Waals surface area contributed by atoms with Crippen LogP contribution in [-0.4, -0.2) is 35.0 Å². The molecule has 0 radical (unpaired) electrons. The lowest BCUT2D eigenvalue weighted by Gasteiger charge is -2.31. The molecule has 1 N–H and O–H groups in total. The van der Waals surface area contributed by atoms with Crippen molar-refractivity contribution in [3.63, 3.8) is 0 Å². The number of hydrogen-bond donors (Lipinski definition) is 1. The third-order valence-electron chi connectivity index (χ3n) is 2.64. The largest absolute Gasteiger partial charge is 0.481 e. The topological polar surface area (TPSA) is 57.6 Å². The molecular weight excluding hydrogens is 182 g/mol. The van der Waals surface area contributed by atoms with Crippen LogP contribution in [0.2, 0.25) is 0 Å². The smallest absolute Gasteiger partial charge is 0.303 e. The highest BCUT2D eigenvalue weighted by atomic mass is 16.4. The summed E-state index contributed by atoms with van der Waals surface area (Å²) in [5, 5.41) is 8.64. The minimum Gasteiger partial charge on any atom is -0.481 e. The number of carbonyl (C=O) groups excluding carboxylic acids is 1. The zero-order chi connectivity index (χ0) is 10.6. The fourth-order valence-corrected chi connectivity index (χ4v) is 1.93. The second-order valence-corrected chi connectivity index (χ2v) is 3.80. The van der Waals surface area contributed by atoms with Crippen molar-refractivity contribution in [1.82, 2.24) is 4.90 Å². The maximum absolute atomic E-state index is 11.4. The van der Waals surface area contributed by atoms with Crippen LogP contribution in [0.15, 0.2) is 0 Å². The minimum atomic E-state index is -0.763. The Morgan fingerprint density at radius 3 is 2.79 bits per heavy atom. The Morgan fingerprint density at radius 1 is 1.50 bits per heavy atom. The number of amides is 1. The molecule has 1 unspecified atom stereocenters. The van der Waals surface area contributed by atoms with Gasteiger partial charge in [0.1, 0.15) is 0 Å². The molecule has 0 saturated carbocycles. The third kappa shape index (κ3) is 3.01. The van der Waals surface area contributed by atoms with Crippen molar-refractivity contribution < 1.29 is 14.7 Å². The molecule has 0 aromatic heterocycles. The number of nitrogens with zero attached hydrogens (tertiary/aromatic N) is 1. The van der Waals surface area contributed by atoms with Crippen LogP contribution in [0.5, 0.6) is 0 Å². The van der Waals surface area contributed by atoms with Gasteiger partial charge in [-0.3, -0.25) is 9.59 Å². The lowest BCUT2D eigenvalue weighted by Crippen LogP contribution is -2.40. The van der Waals surface area contributed by atoms with E-state index in [0.717, 1.165) is 19.4 Å². The van der Waals surface area contributed by atoms with E-state index in [1.54, 1.807) is 4.90 Å². The first-order valence-electron chi connectivity index (χ1n) is 5.13. The quantitative estimate of drug-likeness (QED) is 0.740. The number of aliphatic carboxylic acids is 1. The Bertz CT molecular complexity index is 227. The van der Waals surface area contributed by atoms with Gasteiger partial charge in [-0.25, -0.2) is 0 Å². The number of piperidine rings is 1. The molecule has 1 saturated heterocycles. The first kappa shape index (κ1) is 11.0. The SMILES string of the molecule is CCC(=O)N1CCCC(CC(=O)O)C1. The molecule has 0 aliphatic carbocycles. The molecule has 0 spiro atoms. The Morgan fingerprint density at radius 2 is 2.21 bits per heavy atom. The molecule has 0 bridgehead atoms. The number of carboxylic acid groups (broad SMARTS) is 1. The average Bonchev–Trinajstić information content (AvgIpc) is 2.16. The second kappa shape index (κ2) is 4.98. The standard InChI is InChI=1S/C10H17NO3/c1-2-9(12)11-5-3-4-8(7-11)6-10(13)14/h8H,2-7H2,1H3,(H,13,14). The third-order valence-corrected chi connectivity index (χ3v) is 2.64. The van der Waals surface area contributed by atoms with Gasteiger partial charge in [0.15, 0.2) is 0 Å². The Kier molecular flexibility index (Phi) is 3.92. The van der Waals surface area contributed by atoms with Crippen LogP contribution >= 0.6 is 0 Å². The van der Waals surface area contributed by atoms with E-state index < -0.39 is 5.97 Å². The monoisotopic (exact) mass is 199 g/mol. The Hall–Kier alpha value is -1.06. The molecule has 1 atom stereocenters. The average molecular weight is 199 g/mol. The number of rotatable bonds is 3. The van der Waals surface area contributed by atoms with Gasteiger partial charge in [-0.15, -0.1) is 0 Å². The highest BCUT2D eigenvalue weighted by molar-refractivity contribution is 5.76. The summed E-state index contributed by atoms with van der Waals surface area (Å²) < 4.78 is 0. The highest BCUT2D eigenvalue weighted by Crippen LogP contribution is 2.19. The summed E-state index contributed by atoms with van der Waals surface area (Å²) in [6.07, 6.45) is 2.57. The van der Waals surface area contributed by atoms with Crippen molar-refractivity contribution in [2.75, 3.05) is 13.1 Å². The van der Waals surface area contributed by atoms with E-state index in [4.69, 9.17) is 5.11 Å². The van der Waals surface area contributed by atoms with Crippen molar-refractivity contribution >= 4 is 11.9 Å². The van der Waals surface area contributed by atoms with Crippen molar-refractivity contribution in [2.45, 2.75) is 32.6 Å². The van der Waals surface area contributed by atoms with Crippen molar-refractivity contribution in [3.05, 3.63) is 0 Å². The molecule has 80 valence electrons. The molecule has 1 amide bonds. The highest BCUT2D eigenvalue weighted by Gasteiger charge is 2.23. The summed E-state index contributed by atoms with van der Waals surface area (Å²) >= 11 is 0. The maximum Gasteiger partial charge on any atom is 0.303 e. The van der Waals surface area contributed by atoms with E-state index in [9.17, 15) is 9.59 Å². The van der Waals surface area contributed by atoms with Gasteiger partial charge in [0.2, 0.25) is 5.91 Å². The molecule has 4 heteroatoms. The van der Waals surface area contributed by atoms with Crippen LogP contribution in [0.4, 0.5) is 0 Å². The van der Waals surface area contributed by atoms with E-state index in [2.05, 4.69) is 0 Å². The summed E-state index contributed by atoms with van der Waals surface area (Å²) in [4.78, 5) is 23.7. The summed E-state index contributed by atoms with van der Waals surface area (Å²) in [5.41, 5.74) is 0. The zero-order valence-corrected chi connectivity index (χ0v) is 8.53. The molecule has 0 aromatic carbocycles. The molecule has 4 nitrogen and oxygen atoms in total. The van der Waals surface area contributed by atoms with Gasteiger partial charge in [-0.2, -0.15) is 0 Å². The van der Waals surface area contributed by atoms with Gasteiger partial charge in [0, 0.05) is 25.9 Å². The second-order valence-electron chi connectivity index (χ2n) is 3.80. The van der Waals surface area contributed by atoms with Crippen LogP contribution in [0.3, 0.4) is 0 Å². The first-order valence-corrected chi connectivity index (χ1v) is 5.13. The van der Waals surface area contributed by atoms with Crippen LogP contribution in [0.1, 0.15) is 32.6 Å². The maximum atomic E-state index is 11.4. The molecule has 14 heavy (non-hydrogen) atoms. The van der Waals surface area contributed by atoms with Gasteiger partial charge in [0.25, 0.3) is 0 Å². The van der Waals surface area contributed by atoms with Gasteiger partial charge in [0.05, 0.1) is 0 Å². The van der Waals surface area contributed by atoms with Gasteiger partial charge >= 0.3 is 5.97 Å². The summed E-state index contributed by atoms with van der Waals surface area (Å²) in [5.74, 6) is -0.474. The van der Waals surface area contributed by atoms with E-state index in [1.807, 2.05) is 6.92 Å². The number of carbonyl (C=O) groups is 2. The van der Waals surface area contributed by atoms with Crippen LogP contribution in [-0.2, 0) is 9.59 Å². The first-order chi connectivity index (χ1) is 6.63. The predicted molar refractivity (Wildman–Crippen MR) is 51.8 cm³/mol. The molecule has 1 rings (SSSR count). The lowest BCUT2D eigenvalue weighted by molar-refractivity contribution is -0.140. The molecule has 1 fully saturated rings. The summed E-state index contributed by atoms with van der Waals surface area (Å²) in [7, 11) is 0. The zero-order valence-electron chi connectivity index (χ0n) is 8.53. The molecule has 0 aromatic rings. The number of likely N-dealkylation sites (tertiary alicyclic amines) is 1. The van der Waals surface area contributed by atoms with Gasteiger partial charge in [-0.05, 0) is 18.8 Å². The fourth-order valence-electron chi connectivity index (χ4n) is 1.93. The van der Waals surface area contributed by atoms with E-state index in [-0.39, 0.29) is 18.2 Å². The van der Waals surface area contributed by atoms with Crippen LogP contribution < -0.4 is 0 Å². The van der Waals surface area contributed by atoms with Crippen molar-refractivity contribution in [2.24, 2.45) is 5.92 Å². The normalized spacial score (nSPS) is 22.1. The minimum absolute atomic E-state index is 0.139. The van der Waals surface area contributed by atoms with E-state index in [0.29, 0.717) is 13.0 Å². The van der Waals surface area contributed by atoms with Gasteiger partial charge < -0.3 is 10.0 Å². The number of hydrogen-bond acceptors (Lipinski definition) is 2. The van der Waals surface area contributed by atoms with Crippen LogP contribution in [0, 0.1) is 5.92 Å². The molecule has 1 heterocycles. The fraction of sp³-hybridized carbons (Fsp3) is 0.800. The molecule has 1 aliphatic heterocycles. The number of carboxylic acids is 1. The van der Waals surface area contributed by atoms with Crippen molar-refractivity contribution in [3.8, 4) is 0 Å². The molecular formula is C10H17NO3. The Labute approximate surface area is 83.9 Å². The van der Waals surface area contributed by atoms with Crippen molar-refractivity contribution in [1.29, 1.82) is 0 Å². The van der Waals surface area contributed by atoms with E-state index >= 15 is 0 Å².